The van der Waals surface area contributed by atoms with Gasteiger partial charge in [-0.15, -0.1) is 0 Å². The largest absolute Gasteiger partial charge is 0.482 e. The molecule has 3 aromatic rings. The Bertz CT molecular complexity index is 1210. The molecule has 0 saturated carbocycles. The molecule has 0 N–H and O–H groups in total. The monoisotopic (exact) mass is 428 g/mol. The average Bonchev–Trinajstić information content (AvgIpc) is 2.82. The molecule has 0 fully saturated rings. The van der Waals surface area contributed by atoms with E-state index in [1.807, 2.05) is 86.7 Å². The normalized spacial score (nSPS) is 13.6. The van der Waals surface area contributed by atoms with E-state index in [1.54, 1.807) is 0 Å². The molecule has 1 aliphatic rings. The van der Waals surface area contributed by atoms with Crippen LogP contribution in [0, 0.1) is 0 Å². The number of benzene rings is 3. The maximum Gasteiger partial charge on any atom is 0.342 e. The van der Waals surface area contributed by atoms with Gasteiger partial charge in [-0.3, -0.25) is 0 Å². The van der Waals surface area contributed by atoms with Crippen molar-refractivity contribution in [3.63, 3.8) is 0 Å². The zero-order valence-electron chi connectivity index (χ0n) is 18.5. The molecule has 4 rings (SSSR count). The average molecular weight is 428 g/mol. The minimum Gasteiger partial charge on any atom is -0.482 e. The highest BCUT2D eigenvalue weighted by atomic mass is 16.5. The zero-order chi connectivity index (χ0) is 22.9. The Morgan fingerprint density at radius 2 is 1.34 bits per heavy atom. The molecule has 5 nitrogen and oxygen atoms in total. The third-order valence-electron chi connectivity index (χ3n) is 5.42. The molecule has 0 spiro atoms. The molecular formula is C27H24O5. The van der Waals surface area contributed by atoms with Gasteiger partial charge >= 0.3 is 11.9 Å². The highest BCUT2D eigenvalue weighted by Gasteiger charge is 2.33. The van der Waals surface area contributed by atoms with Crippen LogP contribution in [0.3, 0.4) is 0 Å². The first kappa shape index (κ1) is 21.4. The summed E-state index contributed by atoms with van der Waals surface area (Å²) >= 11 is 0. The van der Waals surface area contributed by atoms with Gasteiger partial charge < -0.3 is 14.2 Å². The quantitative estimate of drug-likeness (QED) is 0.493. The second-order valence-electron chi connectivity index (χ2n) is 8.06. The number of ether oxygens (including phenoxy) is 3. The third kappa shape index (κ3) is 3.89. The van der Waals surface area contributed by atoms with E-state index in [0.29, 0.717) is 16.9 Å². The van der Waals surface area contributed by atoms with Gasteiger partial charge in [-0.1, -0.05) is 60.7 Å². The SMILES string of the molecule is COC(=O)c1c(-c2ccc(-c3ccccc3)cc2)cc2c(c1C(=O)OC)OC(C)(C)C=C2. The van der Waals surface area contributed by atoms with Crippen LogP contribution < -0.4 is 4.74 Å². The van der Waals surface area contributed by atoms with E-state index < -0.39 is 17.5 Å². The summed E-state index contributed by atoms with van der Waals surface area (Å²) in [4.78, 5) is 25.7. The summed E-state index contributed by atoms with van der Waals surface area (Å²) in [5.74, 6) is -0.976. The van der Waals surface area contributed by atoms with Crippen molar-refractivity contribution < 1.29 is 23.8 Å². The van der Waals surface area contributed by atoms with E-state index >= 15 is 0 Å². The van der Waals surface area contributed by atoms with Gasteiger partial charge in [0, 0.05) is 5.56 Å². The highest BCUT2D eigenvalue weighted by Crippen LogP contribution is 2.41. The predicted molar refractivity (Wildman–Crippen MR) is 124 cm³/mol. The highest BCUT2D eigenvalue weighted by molar-refractivity contribution is 6.10. The van der Waals surface area contributed by atoms with Gasteiger partial charge in [0.1, 0.15) is 16.9 Å². The van der Waals surface area contributed by atoms with Crippen molar-refractivity contribution in [3.8, 4) is 28.0 Å². The molecule has 0 amide bonds. The molecule has 0 aliphatic carbocycles. The Kier molecular flexibility index (Phi) is 5.57. The molecule has 0 radical (unpaired) electrons. The second-order valence-corrected chi connectivity index (χ2v) is 8.06. The number of methoxy groups -OCH3 is 2. The van der Waals surface area contributed by atoms with Gasteiger partial charge in [-0.25, -0.2) is 9.59 Å². The number of esters is 2. The van der Waals surface area contributed by atoms with E-state index in [9.17, 15) is 9.59 Å². The van der Waals surface area contributed by atoms with Crippen molar-refractivity contribution in [1.82, 2.24) is 0 Å². The summed E-state index contributed by atoms with van der Waals surface area (Å²) in [7, 11) is 2.57. The van der Waals surface area contributed by atoms with Crippen LogP contribution in [0.15, 0.2) is 66.7 Å². The van der Waals surface area contributed by atoms with Crippen molar-refractivity contribution in [2.45, 2.75) is 19.4 Å². The molecule has 0 saturated heterocycles. The first-order valence-corrected chi connectivity index (χ1v) is 10.3. The fraction of sp³-hybridized carbons (Fsp3) is 0.185. The van der Waals surface area contributed by atoms with E-state index in [4.69, 9.17) is 14.2 Å². The number of carbonyl (C=O) groups is 2. The van der Waals surface area contributed by atoms with Gasteiger partial charge in [0.05, 0.1) is 19.8 Å². The molecule has 0 aromatic heterocycles. The summed E-state index contributed by atoms with van der Waals surface area (Å²) in [6.45, 7) is 3.75. The topological polar surface area (TPSA) is 61.8 Å². The Balaban J connectivity index is 1.94. The molecule has 0 unspecified atom stereocenters. The minimum atomic E-state index is -0.657. The van der Waals surface area contributed by atoms with Gasteiger partial charge in [0.25, 0.3) is 0 Å². The van der Waals surface area contributed by atoms with Crippen LogP contribution in [0.1, 0.15) is 40.1 Å². The van der Waals surface area contributed by atoms with Crippen molar-refractivity contribution in [2.24, 2.45) is 0 Å². The molecule has 3 aromatic carbocycles. The summed E-state index contributed by atoms with van der Waals surface area (Å²) < 4.78 is 16.2. The lowest BCUT2D eigenvalue weighted by Crippen LogP contribution is -2.30. The van der Waals surface area contributed by atoms with Crippen LogP contribution in [-0.2, 0) is 9.47 Å². The fourth-order valence-electron chi connectivity index (χ4n) is 3.82. The lowest BCUT2D eigenvalue weighted by molar-refractivity contribution is 0.0545. The van der Waals surface area contributed by atoms with Crippen molar-refractivity contribution in [2.75, 3.05) is 14.2 Å². The minimum absolute atomic E-state index is 0.0661. The standard InChI is InChI=1S/C27H24O5/c1-27(2)15-14-20-16-21(19-12-10-18(11-13-19)17-8-6-5-7-9-17)22(25(28)30-3)23(24(20)32-27)26(29)31-4/h5-16H,1-4H3. The van der Waals surface area contributed by atoms with Gasteiger partial charge in [0.15, 0.2) is 0 Å². The lowest BCUT2D eigenvalue weighted by atomic mass is 9.89. The Morgan fingerprint density at radius 1 is 0.781 bits per heavy atom. The molecule has 1 aliphatic heterocycles. The van der Waals surface area contributed by atoms with E-state index in [-0.39, 0.29) is 11.1 Å². The first-order valence-electron chi connectivity index (χ1n) is 10.3. The van der Waals surface area contributed by atoms with Crippen LogP contribution in [0.5, 0.6) is 5.75 Å². The van der Waals surface area contributed by atoms with Crippen LogP contribution >= 0.6 is 0 Å². The summed E-state index contributed by atoms with van der Waals surface area (Å²) in [5.41, 5.74) is 3.73. The maximum absolute atomic E-state index is 12.9. The van der Waals surface area contributed by atoms with Crippen molar-refractivity contribution in [1.29, 1.82) is 0 Å². The van der Waals surface area contributed by atoms with Crippen LogP contribution in [0.4, 0.5) is 0 Å². The van der Waals surface area contributed by atoms with Crippen LogP contribution in [0.2, 0.25) is 0 Å². The van der Waals surface area contributed by atoms with E-state index in [2.05, 4.69) is 0 Å². The summed E-state index contributed by atoms with van der Waals surface area (Å²) in [6, 6.07) is 19.7. The number of rotatable bonds is 4. The summed E-state index contributed by atoms with van der Waals surface area (Å²) in [6.07, 6.45) is 3.81. The van der Waals surface area contributed by atoms with Gasteiger partial charge in [-0.05, 0) is 48.2 Å². The van der Waals surface area contributed by atoms with E-state index in [0.717, 1.165) is 16.7 Å². The van der Waals surface area contributed by atoms with Gasteiger partial charge in [-0.2, -0.15) is 0 Å². The second kappa shape index (κ2) is 8.35. The van der Waals surface area contributed by atoms with Crippen LogP contribution in [-0.4, -0.2) is 31.8 Å². The third-order valence-corrected chi connectivity index (χ3v) is 5.42. The van der Waals surface area contributed by atoms with Crippen LogP contribution in [0.25, 0.3) is 28.3 Å². The molecular weight excluding hydrogens is 404 g/mol. The Morgan fingerprint density at radius 3 is 1.97 bits per heavy atom. The molecule has 5 heteroatoms. The number of hydrogen-bond acceptors (Lipinski definition) is 5. The first-order chi connectivity index (χ1) is 15.3. The fourth-order valence-corrected chi connectivity index (χ4v) is 3.82. The zero-order valence-corrected chi connectivity index (χ0v) is 18.5. The summed E-state index contributed by atoms with van der Waals surface area (Å²) in [5, 5.41) is 0. The number of carbonyl (C=O) groups excluding carboxylic acids is 2. The Labute approximate surface area is 187 Å². The Hall–Kier alpha value is -3.86. The number of fused-ring (bicyclic) bond motifs is 1. The van der Waals surface area contributed by atoms with Crippen molar-refractivity contribution >= 4 is 18.0 Å². The van der Waals surface area contributed by atoms with E-state index in [1.165, 1.54) is 14.2 Å². The smallest absolute Gasteiger partial charge is 0.342 e. The molecule has 162 valence electrons. The maximum atomic E-state index is 12.9. The number of hydrogen-bond donors (Lipinski definition) is 0. The predicted octanol–water partition coefficient (Wildman–Crippen LogP) is 5.78. The molecule has 0 bridgehead atoms. The molecule has 1 heterocycles. The molecule has 32 heavy (non-hydrogen) atoms. The van der Waals surface area contributed by atoms with Crippen molar-refractivity contribution in [3.05, 3.63) is 83.4 Å². The van der Waals surface area contributed by atoms with Gasteiger partial charge in [0.2, 0.25) is 0 Å². The molecule has 0 atom stereocenters. The lowest BCUT2D eigenvalue weighted by Gasteiger charge is -2.30.